The van der Waals surface area contributed by atoms with Crippen LogP contribution >= 0.6 is 0 Å². The minimum Gasteiger partial charge on any atom is -0.478 e. The Morgan fingerprint density at radius 2 is 1.29 bits per heavy atom. The first-order valence-electron chi connectivity index (χ1n) is 13.9. The number of carboxylic acid groups (broad SMARTS) is 1. The molecule has 1 aromatic carbocycles. The van der Waals surface area contributed by atoms with Crippen molar-refractivity contribution in [1.29, 1.82) is 0 Å². The lowest BCUT2D eigenvalue weighted by Gasteiger charge is -2.17. The van der Waals surface area contributed by atoms with Crippen LogP contribution < -0.4 is 0 Å². The molecule has 0 heterocycles. The van der Waals surface area contributed by atoms with Gasteiger partial charge < -0.3 is 9.84 Å². The molecule has 0 saturated carbocycles. The number of hydrogen-bond donors (Lipinski definition) is 1. The van der Waals surface area contributed by atoms with Gasteiger partial charge in [-0.25, -0.2) is 9.59 Å². The van der Waals surface area contributed by atoms with E-state index in [1.807, 2.05) is 12.1 Å². The van der Waals surface area contributed by atoms with Gasteiger partial charge in [0.05, 0.1) is 11.1 Å². The number of allylic oxidation sites excluding steroid dienone is 2. The fourth-order valence-electron chi connectivity index (χ4n) is 4.77. The number of esters is 1. The maximum Gasteiger partial charge on any atom is 0.344 e. The number of rotatable bonds is 17. The van der Waals surface area contributed by atoms with Crippen LogP contribution in [0.1, 0.15) is 148 Å². The quantitative estimate of drug-likeness (QED) is 0.182. The summed E-state index contributed by atoms with van der Waals surface area (Å²) >= 11 is 0. The van der Waals surface area contributed by atoms with Crippen LogP contribution in [0.25, 0.3) is 0 Å². The van der Waals surface area contributed by atoms with E-state index < -0.39 is 11.9 Å². The summed E-state index contributed by atoms with van der Waals surface area (Å²) < 4.78 is 5.63. The van der Waals surface area contributed by atoms with Crippen LogP contribution in [0.15, 0.2) is 24.0 Å². The Morgan fingerprint density at radius 3 is 1.79 bits per heavy atom. The standard InChI is InChI=1S/C30H46O4/c1-3-5-7-9-11-14-18-24-22-27(29(31)32)28(30(33)34-26-20-16-13-17-21-26)23-25(24)19-15-12-10-8-6-4-2/h20,22-23H,3-19,21H2,1-2H3,(H,31,32). The number of hydrogen-bond acceptors (Lipinski definition) is 3. The molecule has 1 N–H and O–H groups in total. The smallest absolute Gasteiger partial charge is 0.344 e. The van der Waals surface area contributed by atoms with E-state index in [9.17, 15) is 14.7 Å². The molecule has 0 radical (unpaired) electrons. The molecule has 0 aliphatic heterocycles. The molecule has 0 amide bonds. The lowest BCUT2D eigenvalue weighted by Crippen LogP contribution is -2.14. The van der Waals surface area contributed by atoms with Crippen molar-refractivity contribution in [1.82, 2.24) is 0 Å². The lowest BCUT2D eigenvalue weighted by atomic mass is 9.91. The molecule has 4 heteroatoms. The van der Waals surface area contributed by atoms with Crippen LogP contribution in [0.4, 0.5) is 0 Å². The zero-order chi connectivity index (χ0) is 24.6. The molecule has 0 fully saturated rings. The van der Waals surface area contributed by atoms with E-state index in [1.54, 1.807) is 6.07 Å². The van der Waals surface area contributed by atoms with Crippen molar-refractivity contribution < 1.29 is 19.4 Å². The van der Waals surface area contributed by atoms with Crippen molar-refractivity contribution in [3.05, 3.63) is 46.2 Å². The minimum atomic E-state index is -1.06. The second kappa shape index (κ2) is 16.5. The molecule has 0 bridgehead atoms. The highest BCUT2D eigenvalue weighted by Crippen LogP contribution is 2.26. The predicted octanol–water partition coefficient (Wildman–Crippen LogP) is 8.81. The maximum atomic E-state index is 13.0. The van der Waals surface area contributed by atoms with E-state index in [0.29, 0.717) is 5.76 Å². The number of benzene rings is 1. The minimum absolute atomic E-state index is 0.0779. The number of ether oxygens (including phenoxy) is 1. The summed E-state index contributed by atoms with van der Waals surface area (Å²) in [6.07, 6.45) is 22.0. The van der Waals surface area contributed by atoms with Crippen molar-refractivity contribution in [3.63, 3.8) is 0 Å². The van der Waals surface area contributed by atoms with Gasteiger partial charge in [0.25, 0.3) is 0 Å². The third-order valence-electron chi connectivity index (χ3n) is 6.86. The van der Waals surface area contributed by atoms with Gasteiger partial charge in [0, 0.05) is 6.42 Å². The Morgan fingerprint density at radius 1 is 0.765 bits per heavy atom. The predicted molar refractivity (Wildman–Crippen MR) is 140 cm³/mol. The zero-order valence-corrected chi connectivity index (χ0v) is 21.6. The molecular weight excluding hydrogens is 424 g/mol. The highest BCUT2D eigenvalue weighted by atomic mass is 16.5. The molecule has 190 valence electrons. The number of carbonyl (C=O) groups excluding carboxylic acids is 1. The van der Waals surface area contributed by atoms with E-state index in [0.717, 1.165) is 68.9 Å². The Kier molecular flexibility index (Phi) is 13.7. The van der Waals surface area contributed by atoms with Crippen molar-refractivity contribution in [2.24, 2.45) is 0 Å². The first-order chi connectivity index (χ1) is 16.6. The summed E-state index contributed by atoms with van der Waals surface area (Å²) in [5.41, 5.74) is 2.49. The van der Waals surface area contributed by atoms with Crippen LogP contribution in [-0.2, 0) is 17.6 Å². The van der Waals surface area contributed by atoms with Gasteiger partial charge in [0.2, 0.25) is 0 Å². The van der Waals surface area contributed by atoms with E-state index in [4.69, 9.17) is 4.74 Å². The average Bonchev–Trinajstić information content (AvgIpc) is 2.84. The molecule has 0 aromatic heterocycles. The molecule has 1 aromatic rings. The molecule has 34 heavy (non-hydrogen) atoms. The van der Waals surface area contributed by atoms with Gasteiger partial charge in [-0.05, 0) is 74.3 Å². The van der Waals surface area contributed by atoms with Crippen molar-refractivity contribution >= 4 is 11.9 Å². The van der Waals surface area contributed by atoms with Gasteiger partial charge in [-0.15, -0.1) is 0 Å². The first-order valence-corrected chi connectivity index (χ1v) is 13.9. The van der Waals surface area contributed by atoms with Gasteiger partial charge in [-0.3, -0.25) is 0 Å². The molecule has 2 rings (SSSR count). The zero-order valence-electron chi connectivity index (χ0n) is 21.6. The third-order valence-corrected chi connectivity index (χ3v) is 6.86. The van der Waals surface area contributed by atoms with Crippen molar-refractivity contribution in [3.8, 4) is 0 Å². The van der Waals surface area contributed by atoms with Crippen LogP contribution in [-0.4, -0.2) is 17.0 Å². The Hall–Kier alpha value is -2.10. The summed E-state index contributed by atoms with van der Waals surface area (Å²) in [5, 5.41) is 9.88. The highest BCUT2D eigenvalue weighted by Gasteiger charge is 2.22. The fourth-order valence-corrected chi connectivity index (χ4v) is 4.77. The Labute approximate surface area is 207 Å². The molecule has 0 unspecified atom stereocenters. The molecule has 1 aliphatic carbocycles. The van der Waals surface area contributed by atoms with Crippen LogP contribution in [0.5, 0.6) is 0 Å². The molecule has 0 saturated heterocycles. The Bertz CT molecular complexity index is 793. The fraction of sp³-hybridized carbons (Fsp3) is 0.667. The van der Waals surface area contributed by atoms with Gasteiger partial charge in [-0.1, -0.05) is 78.1 Å². The Balaban J connectivity index is 2.16. The number of aryl methyl sites for hydroxylation is 2. The van der Waals surface area contributed by atoms with Gasteiger partial charge in [0.15, 0.2) is 0 Å². The monoisotopic (exact) mass is 470 g/mol. The largest absolute Gasteiger partial charge is 0.478 e. The van der Waals surface area contributed by atoms with E-state index in [2.05, 4.69) is 13.8 Å². The van der Waals surface area contributed by atoms with Crippen molar-refractivity contribution in [2.45, 2.75) is 129 Å². The average molecular weight is 471 g/mol. The molecular formula is C30H46O4. The van der Waals surface area contributed by atoms with E-state index >= 15 is 0 Å². The highest BCUT2D eigenvalue weighted by molar-refractivity contribution is 6.03. The maximum absolute atomic E-state index is 13.0. The lowest BCUT2D eigenvalue weighted by molar-refractivity contribution is 0.0588. The summed E-state index contributed by atoms with van der Waals surface area (Å²) in [6.45, 7) is 4.45. The molecule has 1 aliphatic rings. The van der Waals surface area contributed by atoms with Gasteiger partial charge in [-0.2, -0.15) is 0 Å². The normalized spacial score (nSPS) is 13.5. The molecule has 4 nitrogen and oxygen atoms in total. The summed E-state index contributed by atoms with van der Waals surface area (Å²) in [4.78, 5) is 25.1. The van der Waals surface area contributed by atoms with Crippen molar-refractivity contribution in [2.75, 3.05) is 0 Å². The van der Waals surface area contributed by atoms with Crippen LogP contribution in [0.2, 0.25) is 0 Å². The van der Waals surface area contributed by atoms with Gasteiger partial charge >= 0.3 is 11.9 Å². The summed E-state index contributed by atoms with van der Waals surface area (Å²) in [5.74, 6) is -0.901. The van der Waals surface area contributed by atoms with Crippen LogP contribution in [0, 0.1) is 0 Å². The SMILES string of the molecule is CCCCCCCCc1cc(C(=O)O)c(C(=O)OC2=CCCCC2)cc1CCCCCCCC. The summed E-state index contributed by atoms with van der Waals surface area (Å²) in [7, 11) is 0. The topological polar surface area (TPSA) is 63.6 Å². The van der Waals surface area contributed by atoms with Crippen LogP contribution in [0.3, 0.4) is 0 Å². The van der Waals surface area contributed by atoms with E-state index in [1.165, 1.54) is 57.8 Å². The third kappa shape index (κ3) is 10.0. The first kappa shape index (κ1) is 28.1. The molecule has 0 spiro atoms. The molecule has 0 atom stereocenters. The summed E-state index contributed by atoms with van der Waals surface area (Å²) in [6, 6.07) is 3.58. The number of carbonyl (C=O) groups is 2. The number of aromatic carboxylic acids is 1. The number of carboxylic acids is 1. The second-order valence-corrected chi connectivity index (χ2v) is 9.81. The number of unbranched alkanes of at least 4 members (excludes halogenated alkanes) is 10. The van der Waals surface area contributed by atoms with Gasteiger partial charge in [0.1, 0.15) is 5.76 Å². The van der Waals surface area contributed by atoms with E-state index in [-0.39, 0.29) is 11.1 Å². The second-order valence-electron chi connectivity index (χ2n) is 9.81.